The van der Waals surface area contributed by atoms with E-state index in [-0.39, 0.29) is 11.9 Å². The number of carbonyl (C=O) groups excluding carboxylic acids is 2. The molecule has 0 radical (unpaired) electrons. The summed E-state index contributed by atoms with van der Waals surface area (Å²) in [5, 5.41) is 2.68. The molecular formula is C24H21IN2O4S2. The highest BCUT2D eigenvalue weighted by Crippen LogP contribution is 2.29. The molecule has 0 saturated heterocycles. The lowest BCUT2D eigenvalue weighted by Crippen LogP contribution is -2.03. The van der Waals surface area contributed by atoms with Crippen molar-refractivity contribution in [3.63, 3.8) is 0 Å². The van der Waals surface area contributed by atoms with Gasteiger partial charge < -0.3 is 9.47 Å². The Hall–Kier alpha value is -2.63. The first-order chi connectivity index (χ1) is 16.0. The van der Waals surface area contributed by atoms with E-state index in [1.165, 1.54) is 22.7 Å². The summed E-state index contributed by atoms with van der Waals surface area (Å²) in [5.74, 6) is -0.702. The molecule has 0 bridgehead atoms. The van der Waals surface area contributed by atoms with Crippen molar-refractivity contribution >= 4 is 57.2 Å². The fourth-order valence-corrected chi connectivity index (χ4v) is 5.14. The average molecular weight is 592 g/mol. The molecular weight excluding hydrogens is 571 g/mol. The Bertz CT molecular complexity index is 1190. The molecule has 0 aliphatic carbocycles. The summed E-state index contributed by atoms with van der Waals surface area (Å²) in [4.78, 5) is 31.6. The minimum absolute atomic E-state index is 0.349. The van der Waals surface area contributed by atoms with Crippen LogP contribution in [0, 0.1) is 2.88 Å². The number of rotatable bonds is 6. The molecule has 0 N–H and O–H groups in total. The summed E-state index contributed by atoms with van der Waals surface area (Å²) >= 11 is 4.86. The maximum atomic E-state index is 11.6. The van der Waals surface area contributed by atoms with Gasteiger partial charge in [-0.15, -0.1) is 22.7 Å². The fourth-order valence-electron chi connectivity index (χ4n) is 2.66. The van der Waals surface area contributed by atoms with Gasteiger partial charge in [-0.3, -0.25) is 0 Å². The molecule has 0 aliphatic heterocycles. The minimum atomic E-state index is -0.352. The Morgan fingerprint density at radius 2 is 1.36 bits per heavy atom. The topological polar surface area (TPSA) is 78.4 Å². The molecule has 4 rings (SSSR count). The molecule has 0 amide bonds. The number of thiazole rings is 2. The number of hydrogen-bond acceptors (Lipinski definition) is 8. The van der Waals surface area contributed by atoms with Crippen LogP contribution in [0.3, 0.4) is 0 Å². The largest absolute Gasteiger partial charge is 0.461 e. The zero-order chi connectivity index (χ0) is 23.6. The number of hydrogen-bond donors (Lipinski definition) is 0. The van der Waals surface area contributed by atoms with Crippen LogP contribution in [-0.4, -0.2) is 35.1 Å². The molecule has 2 aromatic carbocycles. The average Bonchev–Trinajstić information content (AvgIpc) is 3.49. The molecule has 6 nitrogen and oxygen atoms in total. The Balaban J connectivity index is 0.000000186. The third-order valence-electron chi connectivity index (χ3n) is 4.11. The van der Waals surface area contributed by atoms with Gasteiger partial charge in [0, 0.05) is 16.5 Å². The number of aromatic nitrogens is 2. The quantitative estimate of drug-likeness (QED) is 0.186. The van der Waals surface area contributed by atoms with Gasteiger partial charge in [0.1, 0.15) is 0 Å². The standard InChI is InChI=1S/C12H10INO2S.C12H11NO2S/c1-2-16-12(15)11-14-9(10(13)17-11)8-6-4-3-5-7-8;1-2-15-12(14)11-13-10(8-16-11)9-6-4-3-5-7-9/h3-7H,2H2,1H3;3-8H,2H2,1H3. The lowest BCUT2D eigenvalue weighted by Gasteiger charge is -1.97. The normalized spacial score (nSPS) is 10.2. The summed E-state index contributed by atoms with van der Waals surface area (Å²) < 4.78 is 10.8. The van der Waals surface area contributed by atoms with Crippen molar-refractivity contribution in [3.8, 4) is 22.5 Å². The van der Waals surface area contributed by atoms with E-state index in [2.05, 4.69) is 32.6 Å². The number of benzene rings is 2. The number of ether oxygens (including phenoxy) is 2. The van der Waals surface area contributed by atoms with Crippen LogP contribution in [0.15, 0.2) is 66.0 Å². The highest BCUT2D eigenvalue weighted by Gasteiger charge is 2.17. The predicted molar refractivity (Wildman–Crippen MR) is 140 cm³/mol. The summed E-state index contributed by atoms with van der Waals surface area (Å²) in [6.07, 6.45) is 0. The van der Waals surface area contributed by atoms with E-state index in [0.29, 0.717) is 23.2 Å². The van der Waals surface area contributed by atoms with Crippen LogP contribution in [0.25, 0.3) is 22.5 Å². The molecule has 0 saturated carbocycles. The van der Waals surface area contributed by atoms with Crippen molar-refractivity contribution < 1.29 is 19.1 Å². The fraction of sp³-hybridized carbons (Fsp3) is 0.167. The second-order valence-corrected chi connectivity index (χ2v) is 10.0. The van der Waals surface area contributed by atoms with Gasteiger partial charge in [0.2, 0.25) is 10.0 Å². The van der Waals surface area contributed by atoms with E-state index in [0.717, 1.165) is 25.4 Å². The molecule has 4 aromatic rings. The van der Waals surface area contributed by atoms with E-state index in [1.807, 2.05) is 66.0 Å². The van der Waals surface area contributed by atoms with Crippen LogP contribution in [0.4, 0.5) is 0 Å². The predicted octanol–water partition coefficient (Wildman–Crippen LogP) is 6.58. The van der Waals surface area contributed by atoms with E-state index >= 15 is 0 Å². The zero-order valence-corrected chi connectivity index (χ0v) is 21.8. The number of nitrogens with zero attached hydrogens (tertiary/aromatic N) is 2. The van der Waals surface area contributed by atoms with E-state index < -0.39 is 0 Å². The van der Waals surface area contributed by atoms with Crippen LogP contribution < -0.4 is 0 Å². The van der Waals surface area contributed by atoms with Crippen molar-refractivity contribution in [1.29, 1.82) is 0 Å². The summed E-state index contributed by atoms with van der Waals surface area (Å²) in [6.45, 7) is 4.31. The van der Waals surface area contributed by atoms with E-state index in [9.17, 15) is 9.59 Å². The van der Waals surface area contributed by atoms with Gasteiger partial charge in [-0.1, -0.05) is 60.7 Å². The minimum Gasteiger partial charge on any atom is -0.461 e. The Kier molecular flexibility index (Phi) is 9.52. The summed E-state index contributed by atoms with van der Waals surface area (Å²) in [5.41, 5.74) is 3.69. The van der Waals surface area contributed by atoms with Crippen LogP contribution in [0.1, 0.15) is 33.5 Å². The van der Waals surface area contributed by atoms with Gasteiger partial charge in [-0.25, -0.2) is 19.6 Å². The van der Waals surface area contributed by atoms with Crippen molar-refractivity contribution in [3.05, 3.63) is 78.9 Å². The van der Waals surface area contributed by atoms with Gasteiger partial charge in [-0.2, -0.15) is 0 Å². The van der Waals surface area contributed by atoms with Gasteiger partial charge in [0.05, 0.1) is 27.5 Å². The maximum Gasteiger partial charge on any atom is 0.367 e. The first-order valence-electron chi connectivity index (χ1n) is 10.1. The molecule has 33 heavy (non-hydrogen) atoms. The van der Waals surface area contributed by atoms with E-state index in [1.54, 1.807) is 13.8 Å². The van der Waals surface area contributed by atoms with Crippen molar-refractivity contribution in [2.45, 2.75) is 13.8 Å². The van der Waals surface area contributed by atoms with Crippen molar-refractivity contribution in [2.75, 3.05) is 13.2 Å². The molecule has 0 spiro atoms. The molecule has 170 valence electrons. The number of halogens is 1. The van der Waals surface area contributed by atoms with Crippen LogP contribution in [0.5, 0.6) is 0 Å². The van der Waals surface area contributed by atoms with Crippen LogP contribution >= 0.6 is 45.3 Å². The molecule has 0 fully saturated rings. The first kappa shape index (κ1) is 25.0. The third kappa shape index (κ3) is 6.92. The summed E-state index contributed by atoms with van der Waals surface area (Å²) in [7, 11) is 0. The highest BCUT2D eigenvalue weighted by molar-refractivity contribution is 14.1. The Morgan fingerprint density at radius 1 is 0.818 bits per heavy atom. The molecule has 9 heteroatoms. The second-order valence-electron chi connectivity index (χ2n) is 6.35. The highest BCUT2D eigenvalue weighted by atomic mass is 127. The van der Waals surface area contributed by atoms with Crippen LogP contribution in [-0.2, 0) is 9.47 Å². The smallest absolute Gasteiger partial charge is 0.367 e. The van der Waals surface area contributed by atoms with Crippen molar-refractivity contribution in [2.24, 2.45) is 0 Å². The maximum absolute atomic E-state index is 11.6. The third-order valence-corrected chi connectivity index (χ3v) is 6.92. The lowest BCUT2D eigenvalue weighted by atomic mass is 10.2. The lowest BCUT2D eigenvalue weighted by molar-refractivity contribution is 0.0516. The Labute approximate surface area is 213 Å². The van der Waals surface area contributed by atoms with Gasteiger partial charge in [0.25, 0.3) is 0 Å². The van der Waals surface area contributed by atoms with Gasteiger partial charge in [0.15, 0.2) is 0 Å². The van der Waals surface area contributed by atoms with Crippen molar-refractivity contribution in [1.82, 2.24) is 9.97 Å². The van der Waals surface area contributed by atoms with Gasteiger partial charge >= 0.3 is 11.9 Å². The zero-order valence-electron chi connectivity index (χ0n) is 18.0. The van der Waals surface area contributed by atoms with Crippen LogP contribution in [0.2, 0.25) is 0 Å². The monoisotopic (exact) mass is 592 g/mol. The SMILES string of the molecule is CCOC(=O)c1nc(-c2ccccc2)c(I)s1.CCOC(=O)c1nc(-c2ccccc2)cs1. The van der Waals surface area contributed by atoms with E-state index in [4.69, 9.17) is 9.47 Å². The van der Waals surface area contributed by atoms with Gasteiger partial charge in [-0.05, 0) is 36.4 Å². The summed E-state index contributed by atoms with van der Waals surface area (Å²) in [6, 6.07) is 19.6. The molecule has 0 atom stereocenters. The first-order valence-corrected chi connectivity index (χ1v) is 12.9. The Morgan fingerprint density at radius 3 is 1.94 bits per heavy atom. The molecule has 0 unspecified atom stereocenters. The molecule has 2 aromatic heterocycles. The number of carbonyl (C=O) groups is 2. The molecule has 0 aliphatic rings. The molecule has 2 heterocycles. The number of esters is 2. The second kappa shape index (κ2) is 12.6.